The zero-order valence-electron chi connectivity index (χ0n) is 16.3. The molecule has 2 heterocycles. The van der Waals surface area contributed by atoms with Gasteiger partial charge in [0, 0.05) is 41.8 Å². The van der Waals surface area contributed by atoms with Crippen molar-refractivity contribution >= 4 is 46.1 Å². The summed E-state index contributed by atoms with van der Waals surface area (Å²) in [5.74, 6) is -2.41. The van der Waals surface area contributed by atoms with E-state index in [-0.39, 0.29) is 23.8 Å². The summed E-state index contributed by atoms with van der Waals surface area (Å²) in [5.41, 5.74) is 1.81. The molecule has 0 saturated carbocycles. The lowest BCUT2D eigenvalue weighted by Gasteiger charge is -2.27. The molecule has 5 nitrogen and oxygen atoms in total. The molecule has 1 aliphatic rings. The largest absolute Gasteiger partial charge is 0.342 e. The maximum atomic E-state index is 13.6. The molecule has 2 aromatic carbocycles. The molecule has 1 aliphatic heterocycles. The van der Waals surface area contributed by atoms with Gasteiger partial charge in [-0.3, -0.25) is 19.8 Å². The summed E-state index contributed by atoms with van der Waals surface area (Å²) < 4.78 is 29.0. The summed E-state index contributed by atoms with van der Waals surface area (Å²) in [6.07, 6.45) is 4.76. The number of thiocarbonyl (C=S) groups is 1. The van der Waals surface area contributed by atoms with Crippen LogP contribution < -0.4 is 5.32 Å². The van der Waals surface area contributed by atoms with E-state index in [9.17, 15) is 18.4 Å². The number of hydrogen-bond acceptors (Lipinski definition) is 3. The van der Waals surface area contributed by atoms with Crippen LogP contribution >= 0.6 is 12.2 Å². The van der Waals surface area contributed by atoms with Crippen molar-refractivity contribution in [3.8, 4) is 0 Å². The lowest BCUT2D eigenvalue weighted by molar-refractivity contribution is -0.128. The number of benzene rings is 2. The summed E-state index contributed by atoms with van der Waals surface area (Å²) in [4.78, 5) is 26.5. The molecule has 0 atom stereocenters. The number of hydrogen-bond donors (Lipinski definition) is 1. The number of nitrogens with zero attached hydrogens (tertiary/aromatic N) is 2. The van der Waals surface area contributed by atoms with E-state index in [1.807, 2.05) is 28.8 Å². The van der Waals surface area contributed by atoms with Gasteiger partial charge >= 0.3 is 0 Å². The molecule has 0 radical (unpaired) electrons. The van der Waals surface area contributed by atoms with Crippen LogP contribution in [0.2, 0.25) is 0 Å². The summed E-state index contributed by atoms with van der Waals surface area (Å²) in [6, 6.07) is 10.7. The number of nitrogens with one attached hydrogen (secondary N) is 1. The van der Waals surface area contributed by atoms with E-state index in [2.05, 4.69) is 11.9 Å². The van der Waals surface area contributed by atoms with Crippen molar-refractivity contribution in [3.05, 3.63) is 89.7 Å². The Kier molecular flexibility index (Phi) is 5.48. The van der Waals surface area contributed by atoms with Crippen molar-refractivity contribution in [2.75, 3.05) is 6.54 Å². The second kappa shape index (κ2) is 8.23. The van der Waals surface area contributed by atoms with Gasteiger partial charge in [-0.25, -0.2) is 8.78 Å². The van der Waals surface area contributed by atoms with E-state index in [0.717, 1.165) is 17.0 Å². The van der Waals surface area contributed by atoms with Crippen molar-refractivity contribution in [2.24, 2.45) is 0 Å². The highest BCUT2D eigenvalue weighted by Crippen LogP contribution is 2.26. The Morgan fingerprint density at radius 1 is 1.10 bits per heavy atom. The highest BCUT2D eigenvalue weighted by atomic mass is 32.1. The van der Waals surface area contributed by atoms with Crippen LogP contribution in [0.5, 0.6) is 0 Å². The molecular weight excluding hydrogens is 420 g/mol. The molecule has 0 aliphatic carbocycles. The first-order chi connectivity index (χ1) is 14.9. The molecule has 1 saturated heterocycles. The van der Waals surface area contributed by atoms with E-state index < -0.39 is 23.4 Å². The maximum Gasteiger partial charge on any atom is 0.265 e. The Morgan fingerprint density at radius 2 is 1.81 bits per heavy atom. The van der Waals surface area contributed by atoms with E-state index in [1.165, 1.54) is 29.2 Å². The summed E-state index contributed by atoms with van der Waals surface area (Å²) in [6.45, 7) is 3.99. The first-order valence-corrected chi connectivity index (χ1v) is 9.81. The fraction of sp³-hybridized carbons (Fsp3) is 0.0870. The molecule has 2 amide bonds. The van der Waals surface area contributed by atoms with Crippen LogP contribution in [0, 0.1) is 11.6 Å². The van der Waals surface area contributed by atoms with Gasteiger partial charge in [-0.15, -0.1) is 6.58 Å². The fourth-order valence-electron chi connectivity index (χ4n) is 3.56. The van der Waals surface area contributed by atoms with Crippen LogP contribution in [-0.4, -0.2) is 32.9 Å². The number of para-hydroxylation sites is 1. The minimum absolute atomic E-state index is 0.0302. The van der Waals surface area contributed by atoms with Crippen molar-refractivity contribution in [1.82, 2.24) is 14.8 Å². The number of carbonyl (C=O) groups is 2. The predicted molar refractivity (Wildman–Crippen MR) is 118 cm³/mol. The Balaban J connectivity index is 1.78. The minimum atomic E-state index is -0.656. The van der Waals surface area contributed by atoms with Crippen LogP contribution in [-0.2, 0) is 16.1 Å². The van der Waals surface area contributed by atoms with Gasteiger partial charge in [-0.05, 0) is 42.1 Å². The number of amides is 2. The minimum Gasteiger partial charge on any atom is -0.342 e. The molecule has 156 valence electrons. The number of halogens is 2. The summed E-state index contributed by atoms with van der Waals surface area (Å²) in [7, 11) is 0. The quantitative estimate of drug-likeness (QED) is 0.286. The SMILES string of the molecule is C=CCN1C(=O)/C(=C/c2cn(Cc3cc(F)cc(F)c3)c3ccccc23)C(=O)NC1=S. The number of fused-ring (bicyclic) bond motifs is 1. The third kappa shape index (κ3) is 4.02. The van der Waals surface area contributed by atoms with Gasteiger partial charge in [-0.1, -0.05) is 24.3 Å². The standard InChI is InChI=1S/C23H17F2N3O2S/c1-2-7-28-22(30)19(21(29)26-23(28)31)10-15-13-27(20-6-4-3-5-18(15)20)12-14-8-16(24)11-17(25)9-14/h2-6,8-11,13H,1,7,12H2,(H,26,29,31)/b19-10+. The smallest absolute Gasteiger partial charge is 0.265 e. The second-order valence-corrected chi connectivity index (χ2v) is 7.42. The van der Waals surface area contributed by atoms with Gasteiger partial charge in [-0.2, -0.15) is 0 Å². The second-order valence-electron chi connectivity index (χ2n) is 7.03. The highest BCUT2D eigenvalue weighted by Gasteiger charge is 2.32. The lowest BCUT2D eigenvalue weighted by atomic mass is 10.1. The third-order valence-corrected chi connectivity index (χ3v) is 5.21. The van der Waals surface area contributed by atoms with Gasteiger partial charge in [0.1, 0.15) is 17.2 Å². The molecule has 1 fully saturated rings. The van der Waals surface area contributed by atoms with E-state index in [1.54, 1.807) is 6.20 Å². The molecule has 3 aromatic rings. The molecule has 1 N–H and O–H groups in total. The average Bonchev–Trinajstić information content (AvgIpc) is 3.05. The van der Waals surface area contributed by atoms with Crippen molar-refractivity contribution in [1.29, 1.82) is 0 Å². The molecule has 0 bridgehead atoms. The van der Waals surface area contributed by atoms with Crippen LogP contribution in [0.25, 0.3) is 17.0 Å². The zero-order valence-corrected chi connectivity index (χ0v) is 17.1. The van der Waals surface area contributed by atoms with Crippen LogP contribution in [0.15, 0.2) is 66.9 Å². The number of aromatic nitrogens is 1. The molecule has 4 rings (SSSR count). The topological polar surface area (TPSA) is 54.3 Å². The molecule has 8 heteroatoms. The maximum absolute atomic E-state index is 13.6. The van der Waals surface area contributed by atoms with Gasteiger partial charge < -0.3 is 4.57 Å². The molecule has 1 aromatic heterocycles. The average molecular weight is 437 g/mol. The first kappa shape index (κ1) is 20.6. The molecular formula is C23H17F2N3O2S. The Morgan fingerprint density at radius 3 is 2.52 bits per heavy atom. The monoisotopic (exact) mass is 437 g/mol. The van der Waals surface area contributed by atoms with Crippen molar-refractivity contribution in [3.63, 3.8) is 0 Å². The van der Waals surface area contributed by atoms with Gasteiger partial charge in [0.15, 0.2) is 5.11 Å². The fourth-order valence-corrected chi connectivity index (χ4v) is 3.81. The molecule has 0 spiro atoms. The normalized spacial score (nSPS) is 15.6. The number of rotatable bonds is 5. The predicted octanol–water partition coefficient (Wildman–Crippen LogP) is 3.78. The highest BCUT2D eigenvalue weighted by molar-refractivity contribution is 7.80. The van der Waals surface area contributed by atoms with Crippen LogP contribution in [0.3, 0.4) is 0 Å². The Labute approximate surface area is 182 Å². The lowest BCUT2D eigenvalue weighted by Crippen LogP contribution is -2.53. The van der Waals surface area contributed by atoms with Crippen LogP contribution in [0.1, 0.15) is 11.1 Å². The van der Waals surface area contributed by atoms with Crippen molar-refractivity contribution < 1.29 is 18.4 Å². The Bertz CT molecular complexity index is 1260. The number of carbonyl (C=O) groups excluding carboxylic acids is 2. The first-order valence-electron chi connectivity index (χ1n) is 9.40. The van der Waals surface area contributed by atoms with E-state index in [0.29, 0.717) is 11.1 Å². The van der Waals surface area contributed by atoms with Gasteiger partial charge in [0.25, 0.3) is 11.8 Å². The van der Waals surface area contributed by atoms with E-state index in [4.69, 9.17) is 12.2 Å². The summed E-state index contributed by atoms with van der Waals surface area (Å²) >= 11 is 5.07. The summed E-state index contributed by atoms with van der Waals surface area (Å²) in [5, 5.41) is 3.33. The van der Waals surface area contributed by atoms with Crippen molar-refractivity contribution in [2.45, 2.75) is 6.54 Å². The Hall–Kier alpha value is -3.65. The van der Waals surface area contributed by atoms with Crippen LogP contribution in [0.4, 0.5) is 8.78 Å². The third-order valence-electron chi connectivity index (χ3n) is 4.89. The molecule has 0 unspecified atom stereocenters. The molecule has 31 heavy (non-hydrogen) atoms. The van der Waals surface area contributed by atoms with E-state index >= 15 is 0 Å². The van der Waals surface area contributed by atoms with Gasteiger partial charge in [0.2, 0.25) is 0 Å². The van der Waals surface area contributed by atoms with Gasteiger partial charge in [0.05, 0.1) is 0 Å². The zero-order chi connectivity index (χ0) is 22.1.